The molecule has 0 unspecified atom stereocenters. The number of ether oxygens (including phenoxy) is 2. The van der Waals surface area contributed by atoms with Crippen LogP contribution in [0.5, 0.6) is 11.8 Å². The van der Waals surface area contributed by atoms with Gasteiger partial charge in [-0.2, -0.15) is 4.98 Å². The monoisotopic (exact) mass is 404 g/mol. The molecule has 0 radical (unpaired) electrons. The quantitative estimate of drug-likeness (QED) is 0.612. The van der Waals surface area contributed by atoms with E-state index in [1.165, 1.54) is 57.0 Å². The molecule has 0 bridgehead atoms. The molecule has 0 atom stereocenters. The molecule has 2 aromatic heterocycles. The van der Waals surface area contributed by atoms with Crippen molar-refractivity contribution >= 4 is 27.4 Å². The molecule has 0 fully saturated rings. The van der Waals surface area contributed by atoms with Gasteiger partial charge in [0.1, 0.15) is 0 Å². The van der Waals surface area contributed by atoms with Crippen molar-refractivity contribution in [3.05, 3.63) is 54.6 Å². The van der Waals surface area contributed by atoms with Gasteiger partial charge in [0.25, 0.3) is 21.8 Å². The van der Waals surface area contributed by atoms with Crippen LogP contribution in [0.25, 0.3) is 0 Å². The lowest BCUT2D eigenvalue weighted by atomic mass is 10.3. The zero-order valence-electron chi connectivity index (χ0n) is 14.9. The van der Waals surface area contributed by atoms with Crippen LogP contribution >= 0.6 is 0 Å². The normalized spacial score (nSPS) is 10.9. The molecule has 3 rings (SSSR count). The number of carbonyl (C=O) groups is 1. The minimum atomic E-state index is -3.96. The number of amides is 1. The summed E-state index contributed by atoms with van der Waals surface area (Å²) < 4.78 is 42.4. The molecular weight excluding hydrogens is 388 g/mol. The number of methoxy groups -OCH3 is 2. The minimum absolute atomic E-state index is 0.0368. The van der Waals surface area contributed by atoms with E-state index in [9.17, 15) is 13.2 Å². The molecule has 146 valence electrons. The fraction of sp³-hybridized carbons (Fsp3) is 0.118. The fourth-order valence-electron chi connectivity index (χ4n) is 2.17. The van der Waals surface area contributed by atoms with E-state index in [-0.39, 0.29) is 28.2 Å². The van der Waals surface area contributed by atoms with Crippen molar-refractivity contribution in [3.63, 3.8) is 0 Å². The number of anilines is 2. The van der Waals surface area contributed by atoms with Crippen LogP contribution in [0.4, 0.5) is 11.5 Å². The number of aromatic nitrogens is 2. The lowest BCUT2D eigenvalue weighted by Gasteiger charge is -2.11. The Hall–Kier alpha value is -3.60. The van der Waals surface area contributed by atoms with Crippen molar-refractivity contribution in [2.24, 2.45) is 0 Å². The molecule has 0 aliphatic rings. The predicted molar refractivity (Wildman–Crippen MR) is 99.0 cm³/mol. The summed E-state index contributed by atoms with van der Waals surface area (Å²) in [5.41, 5.74) is 0.405. The lowest BCUT2D eigenvalue weighted by Crippen LogP contribution is -2.16. The Morgan fingerprint density at radius 1 is 1.11 bits per heavy atom. The Balaban J connectivity index is 1.76. The van der Waals surface area contributed by atoms with Gasteiger partial charge < -0.3 is 19.2 Å². The second-order valence-corrected chi connectivity index (χ2v) is 7.01. The van der Waals surface area contributed by atoms with Crippen molar-refractivity contribution in [1.82, 2.24) is 9.97 Å². The number of carbonyl (C=O) groups excluding carboxylic acids is 1. The SMILES string of the molecule is COc1cnc(NS(=O)(=O)c2ccc(NC(=O)c3ccco3)cc2)c(OC)n1. The van der Waals surface area contributed by atoms with Crippen LogP contribution in [0.1, 0.15) is 10.6 Å². The van der Waals surface area contributed by atoms with Crippen LogP contribution in [0.2, 0.25) is 0 Å². The van der Waals surface area contributed by atoms with Crippen LogP contribution in [0.3, 0.4) is 0 Å². The highest BCUT2D eigenvalue weighted by Crippen LogP contribution is 2.25. The highest BCUT2D eigenvalue weighted by molar-refractivity contribution is 7.92. The average molecular weight is 404 g/mol. The number of hydrogen-bond donors (Lipinski definition) is 2. The molecule has 2 heterocycles. The first-order valence-corrected chi connectivity index (χ1v) is 9.34. The zero-order valence-corrected chi connectivity index (χ0v) is 15.7. The fourth-order valence-corrected chi connectivity index (χ4v) is 3.18. The van der Waals surface area contributed by atoms with Crippen molar-refractivity contribution in [2.45, 2.75) is 4.90 Å². The zero-order chi connectivity index (χ0) is 20.1. The van der Waals surface area contributed by atoms with E-state index in [0.29, 0.717) is 5.69 Å². The second-order valence-electron chi connectivity index (χ2n) is 5.33. The van der Waals surface area contributed by atoms with Gasteiger partial charge >= 0.3 is 0 Å². The number of benzene rings is 1. The Kier molecular flexibility index (Phi) is 5.45. The number of furan rings is 1. The molecule has 1 aromatic carbocycles. The average Bonchev–Trinajstić information content (AvgIpc) is 3.23. The number of hydrogen-bond acceptors (Lipinski definition) is 8. The maximum atomic E-state index is 12.6. The standard InChI is InChI=1S/C17H16N4O6S/c1-25-14-10-18-15(17(20-14)26-2)21-28(23,24)12-7-5-11(6-8-12)19-16(22)13-4-3-9-27-13/h3-10H,1-2H3,(H,18,21)(H,19,22). The van der Waals surface area contributed by atoms with E-state index in [2.05, 4.69) is 20.0 Å². The Morgan fingerprint density at radius 2 is 1.86 bits per heavy atom. The van der Waals surface area contributed by atoms with Gasteiger partial charge in [0.15, 0.2) is 5.76 Å². The van der Waals surface area contributed by atoms with Gasteiger partial charge in [-0.3, -0.25) is 9.52 Å². The number of nitrogens with one attached hydrogen (secondary N) is 2. The molecule has 11 heteroatoms. The Labute approximate surface area is 160 Å². The molecule has 0 saturated carbocycles. The Bertz CT molecular complexity index is 1070. The minimum Gasteiger partial charge on any atom is -0.480 e. The van der Waals surface area contributed by atoms with Crippen LogP contribution in [-0.4, -0.2) is 38.5 Å². The van der Waals surface area contributed by atoms with Gasteiger partial charge in [-0.1, -0.05) is 0 Å². The third-order valence-electron chi connectivity index (χ3n) is 3.52. The smallest absolute Gasteiger partial charge is 0.291 e. The third-order valence-corrected chi connectivity index (χ3v) is 4.87. The molecule has 10 nitrogen and oxygen atoms in total. The van der Waals surface area contributed by atoms with Gasteiger partial charge in [0.05, 0.1) is 31.6 Å². The number of rotatable bonds is 7. The van der Waals surface area contributed by atoms with Crippen LogP contribution in [0.15, 0.2) is 58.2 Å². The molecule has 0 saturated heterocycles. The van der Waals surface area contributed by atoms with Crippen molar-refractivity contribution in [1.29, 1.82) is 0 Å². The topological polar surface area (TPSA) is 133 Å². The number of nitrogens with zero attached hydrogens (tertiary/aromatic N) is 2. The lowest BCUT2D eigenvalue weighted by molar-refractivity contribution is 0.0996. The molecule has 28 heavy (non-hydrogen) atoms. The van der Waals surface area contributed by atoms with Crippen molar-refractivity contribution in [3.8, 4) is 11.8 Å². The summed E-state index contributed by atoms with van der Waals surface area (Å²) in [6.45, 7) is 0. The van der Waals surface area contributed by atoms with Gasteiger partial charge in [-0.15, -0.1) is 0 Å². The summed E-state index contributed by atoms with van der Waals surface area (Å²) in [6, 6.07) is 8.68. The highest BCUT2D eigenvalue weighted by Gasteiger charge is 2.19. The van der Waals surface area contributed by atoms with Gasteiger partial charge in [-0.05, 0) is 36.4 Å². The summed E-state index contributed by atoms with van der Waals surface area (Å²) in [5.74, 6) is -0.249. The van der Waals surface area contributed by atoms with Crippen molar-refractivity contribution < 1.29 is 27.1 Å². The van der Waals surface area contributed by atoms with Crippen LogP contribution in [-0.2, 0) is 10.0 Å². The van der Waals surface area contributed by atoms with Gasteiger partial charge in [0.2, 0.25) is 11.7 Å². The summed E-state index contributed by atoms with van der Waals surface area (Å²) >= 11 is 0. The molecule has 1 amide bonds. The molecule has 0 aliphatic carbocycles. The van der Waals surface area contributed by atoms with Crippen LogP contribution < -0.4 is 19.5 Å². The summed E-state index contributed by atoms with van der Waals surface area (Å²) in [5, 5.41) is 2.60. The maximum absolute atomic E-state index is 12.6. The van der Waals surface area contributed by atoms with E-state index >= 15 is 0 Å². The largest absolute Gasteiger partial charge is 0.480 e. The van der Waals surface area contributed by atoms with Crippen LogP contribution in [0, 0.1) is 0 Å². The second kappa shape index (κ2) is 7.96. The van der Waals surface area contributed by atoms with E-state index < -0.39 is 15.9 Å². The van der Waals surface area contributed by atoms with E-state index in [1.807, 2.05) is 0 Å². The predicted octanol–water partition coefficient (Wildman–Crippen LogP) is 2.14. The molecule has 2 N–H and O–H groups in total. The third kappa shape index (κ3) is 4.20. The molecule has 0 aliphatic heterocycles. The highest BCUT2D eigenvalue weighted by atomic mass is 32.2. The van der Waals surface area contributed by atoms with Gasteiger partial charge in [0, 0.05) is 5.69 Å². The van der Waals surface area contributed by atoms with E-state index in [4.69, 9.17) is 13.9 Å². The summed E-state index contributed by atoms with van der Waals surface area (Å²) in [6.07, 6.45) is 2.64. The maximum Gasteiger partial charge on any atom is 0.291 e. The summed E-state index contributed by atoms with van der Waals surface area (Å²) in [4.78, 5) is 19.8. The van der Waals surface area contributed by atoms with Crippen molar-refractivity contribution in [2.75, 3.05) is 24.3 Å². The van der Waals surface area contributed by atoms with E-state index in [1.54, 1.807) is 6.07 Å². The van der Waals surface area contributed by atoms with E-state index in [0.717, 1.165) is 0 Å². The molecule has 3 aromatic rings. The van der Waals surface area contributed by atoms with Gasteiger partial charge in [-0.25, -0.2) is 13.4 Å². The first-order valence-electron chi connectivity index (χ1n) is 7.85. The first kappa shape index (κ1) is 19.2. The molecular formula is C17H16N4O6S. The summed E-state index contributed by atoms with van der Waals surface area (Å²) in [7, 11) is -1.23. The first-order chi connectivity index (χ1) is 13.4. The molecule has 0 spiro atoms. The number of sulfonamides is 1. The Morgan fingerprint density at radius 3 is 2.46 bits per heavy atom.